The van der Waals surface area contributed by atoms with Gasteiger partial charge >= 0.3 is 0 Å². The summed E-state index contributed by atoms with van der Waals surface area (Å²) in [4.78, 5) is 16.8. The van der Waals surface area contributed by atoms with Gasteiger partial charge in [-0.15, -0.1) is 30.4 Å². The average Bonchev–Trinajstić information content (AvgIpc) is 2.80. The number of methoxy groups -OCH3 is 3. The van der Waals surface area contributed by atoms with Gasteiger partial charge < -0.3 is 30.2 Å². The molecule has 0 saturated heterocycles. The second-order valence-corrected chi connectivity index (χ2v) is 6.36. The van der Waals surface area contributed by atoms with Crippen LogP contribution in [0.1, 0.15) is 18.1 Å². The van der Waals surface area contributed by atoms with Crippen molar-refractivity contribution in [1.82, 2.24) is 10.6 Å². The highest BCUT2D eigenvalue weighted by Gasteiger charge is 2.13. The van der Waals surface area contributed by atoms with Crippen molar-refractivity contribution in [2.24, 2.45) is 4.99 Å². The quantitative estimate of drug-likeness (QED) is 0.192. The summed E-state index contributed by atoms with van der Waals surface area (Å²) in [5.41, 5.74) is 2.20. The molecule has 0 atom stereocenters. The lowest BCUT2D eigenvalue weighted by molar-refractivity contribution is -0.115. The Bertz CT molecular complexity index is 948. The minimum absolute atomic E-state index is 0. The number of rotatable bonds is 9. The van der Waals surface area contributed by atoms with Crippen LogP contribution in [0.25, 0.3) is 0 Å². The van der Waals surface area contributed by atoms with E-state index in [1.807, 2.05) is 19.1 Å². The molecule has 172 valence electrons. The number of ether oxygens (including phenoxy) is 3. The number of guanidine groups is 1. The average molecular weight is 552 g/mol. The number of benzene rings is 2. The van der Waals surface area contributed by atoms with Gasteiger partial charge in [0.15, 0.2) is 17.5 Å². The van der Waals surface area contributed by atoms with E-state index in [0.717, 1.165) is 5.56 Å². The van der Waals surface area contributed by atoms with E-state index in [1.165, 1.54) is 0 Å². The highest BCUT2D eigenvalue weighted by atomic mass is 127. The molecule has 32 heavy (non-hydrogen) atoms. The van der Waals surface area contributed by atoms with Crippen molar-refractivity contribution >= 4 is 41.5 Å². The molecule has 8 nitrogen and oxygen atoms in total. The molecule has 0 fully saturated rings. The maximum atomic E-state index is 12.3. The third-order valence-corrected chi connectivity index (χ3v) is 4.22. The van der Waals surface area contributed by atoms with Crippen LogP contribution in [0.5, 0.6) is 17.2 Å². The number of nitrogens with one attached hydrogen (secondary N) is 3. The molecule has 0 aliphatic carbocycles. The lowest BCUT2D eigenvalue weighted by Gasteiger charge is -2.14. The van der Waals surface area contributed by atoms with Gasteiger partial charge in [-0.05, 0) is 42.8 Å². The second kappa shape index (κ2) is 14.0. The van der Waals surface area contributed by atoms with E-state index in [1.54, 1.807) is 45.6 Å². The summed E-state index contributed by atoms with van der Waals surface area (Å²) in [5, 5.41) is 8.94. The van der Waals surface area contributed by atoms with Crippen molar-refractivity contribution < 1.29 is 19.0 Å². The van der Waals surface area contributed by atoms with Crippen molar-refractivity contribution in [3.05, 3.63) is 47.5 Å². The first-order valence-corrected chi connectivity index (χ1v) is 9.72. The minimum atomic E-state index is -0.215. The Hall–Kier alpha value is -3.13. The number of halogens is 1. The minimum Gasteiger partial charge on any atom is -0.493 e. The SMILES string of the molecule is C#Cc1cccc(NC(=O)CNC(=NCc2cc(OC)c(OC)c(OC)c2)NCC)c1.I. The summed E-state index contributed by atoms with van der Waals surface area (Å²) in [6, 6.07) is 10.8. The molecule has 0 radical (unpaired) electrons. The van der Waals surface area contributed by atoms with Gasteiger partial charge in [0.1, 0.15) is 0 Å². The zero-order chi connectivity index (χ0) is 22.6. The van der Waals surface area contributed by atoms with Crippen LogP contribution in [-0.2, 0) is 11.3 Å². The fourth-order valence-corrected chi connectivity index (χ4v) is 2.79. The normalized spacial score (nSPS) is 10.3. The van der Waals surface area contributed by atoms with E-state index in [9.17, 15) is 4.79 Å². The van der Waals surface area contributed by atoms with Crippen molar-refractivity contribution in [3.8, 4) is 29.6 Å². The lowest BCUT2D eigenvalue weighted by Crippen LogP contribution is -2.41. The van der Waals surface area contributed by atoms with Crippen LogP contribution < -0.4 is 30.2 Å². The molecule has 2 aromatic rings. The van der Waals surface area contributed by atoms with Crippen LogP contribution in [0.15, 0.2) is 41.4 Å². The molecule has 0 aromatic heterocycles. The number of anilines is 1. The Morgan fingerprint density at radius 3 is 2.31 bits per heavy atom. The van der Waals surface area contributed by atoms with Crippen LogP contribution >= 0.6 is 24.0 Å². The molecule has 3 N–H and O–H groups in total. The second-order valence-electron chi connectivity index (χ2n) is 6.36. The molecule has 0 aliphatic rings. The molecule has 0 bridgehead atoms. The predicted octanol–water partition coefficient (Wildman–Crippen LogP) is 3.01. The Morgan fingerprint density at radius 2 is 1.75 bits per heavy atom. The summed E-state index contributed by atoms with van der Waals surface area (Å²) in [6.07, 6.45) is 5.39. The number of hydrogen-bond donors (Lipinski definition) is 3. The molecule has 0 spiro atoms. The molecule has 0 heterocycles. The fraction of sp³-hybridized carbons (Fsp3) is 0.304. The molecule has 1 amide bonds. The van der Waals surface area contributed by atoms with E-state index in [2.05, 4.69) is 26.9 Å². The number of aliphatic imine (C=N–C) groups is 1. The van der Waals surface area contributed by atoms with Crippen LogP contribution in [0.3, 0.4) is 0 Å². The Kier molecular flexibility index (Phi) is 11.8. The van der Waals surface area contributed by atoms with Gasteiger partial charge in [-0.2, -0.15) is 0 Å². The summed E-state index contributed by atoms with van der Waals surface area (Å²) < 4.78 is 16.1. The molecular weight excluding hydrogens is 523 g/mol. The first-order chi connectivity index (χ1) is 15.0. The molecule has 0 aliphatic heterocycles. The van der Waals surface area contributed by atoms with Crippen molar-refractivity contribution in [2.45, 2.75) is 13.5 Å². The van der Waals surface area contributed by atoms with Gasteiger partial charge in [-0.3, -0.25) is 4.79 Å². The van der Waals surface area contributed by atoms with E-state index in [4.69, 9.17) is 20.6 Å². The summed E-state index contributed by atoms with van der Waals surface area (Å²) >= 11 is 0. The van der Waals surface area contributed by atoms with E-state index >= 15 is 0 Å². The van der Waals surface area contributed by atoms with Crippen LogP contribution in [0.4, 0.5) is 5.69 Å². The smallest absolute Gasteiger partial charge is 0.243 e. The largest absolute Gasteiger partial charge is 0.493 e. The van der Waals surface area contributed by atoms with Crippen LogP contribution in [0.2, 0.25) is 0 Å². The zero-order valence-electron chi connectivity index (χ0n) is 18.7. The van der Waals surface area contributed by atoms with Gasteiger partial charge in [-0.1, -0.05) is 12.0 Å². The maximum absolute atomic E-state index is 12.3. The third-order valence-electron chi connectivity index (χ3n) is 4.22. The standard InChI is InChI=1S/C23H28N4O4.HI/c1-6-16-9-8-10-18(11-16)27-21(28)15-26-23(24-7-2)25-14-17-12-19(29-3)22(31-5)20(13-17)30-4;/h1,8-13H,7,14-15H2,2-5H3,(H,27,28)(H2,24,25,26);1H. The highest BCUT2D eigenvalue weighted by molar-refractivity contribution is 14.0. The number of carbonyl (C=O) groups is 1. The van der Waals surface area contributed by atoms with Crippen molar-refractivity contribution in [2.75, 3.05) is 39.7 Å². The van der Waals surface area contributed by atoms with Gasteiger partial charge in [0.25, 0.3) is 0 Å². The number of nitrogens with zero attached hydrogens (tertiary/aromatic N) is 1. The predicted molar refractivity (Wildman–Crippen MR) is 137 cm³/mol. The number of hydrogen-bond acceptors (Lipinski definition) is 5. The molecule has 0 saturated carbocycles. The Balaban J connectivity index is 0.00000512. The number of terminal acetylenes is 1. The molecule has 9 heteroatoms. The Labute approximate surface area is 206 Å². The van der Waals surface area contributed by atoms with E-state index in [-0.39, 0.29) is 36.4 Å². The van der Waals surface area contributed by atoms with Crippen molar-refractivity contribution in [1.29, 1.82) is 0 Å². The number of amides is 1. The molecule has 2 rings (SSSR count). The molecular formula is C23H29IN4O4. The monoisotopic (exact) mass is 552 g/mol. The topological polar surface area (TPSA) is 93.2 Å². The first kappa shape index (κ1) is 26.9. The molecule has 2 aromatic carbocycles. The number of carbonyl (C=O) groups excluding carboxylic acids is 1. The fourth-order valence-electron chi connectivity index (χ4n) is 2.79. The van der Waals surface area contributed by atoms with Gasteiger partial charge in [-0.25, -0.2) is 4.99 Å². The maximum Gasteiger partial charge on any atom is 0.243 e. The Morgan fingerprint density at radius 1 is 1.06 bits per heavy atom. The van der Waals surface area contributed by atoms with Crippen molar-refractivity contribution in [3.63, 3.8) is 0 Å². The highest BCUT2D eigenvalue weighted by Crippen LogP contribution is 2.38. The first-order valence-electron chi connectivity index (χ1n) is 9.72. The lowest BCUT2D eigenvalue weighted by atomic mass is 10.2. The van der Waals surface area contributed by atoms with Gasteiger partial charge in [0.05, 0.1) is 34.4 Å². The summed E-state index contributed by atoms with van der Waals surface area (Å²) in [5.74, 6) is 4.46. The van der Waals surface area contributed by atoms with E-state index < -0.39 is 0 Å². The van der Waals surface area contributed by atoms with E-state index in [0.29, 0.717) is 47.5 Å². The summed E-state index contributed by atoms with van der Waals surface area (Å²) in [6.45, 7) is 2.98. The molecule has 0 unspecified atom stereocenters. The van der Waals surface area contributed by atoms with Crippen LogP contribution in [0, 0.1) is 12.3 Å². The van der Waals surface area contributed by atoms with Gasteiger partial charge in [0.2, 0.25) is 11.7 Å². The third kappa shape index (κ3) is 7.85. The zero-order valence-corrected chi connectivity index (χ0v) is 21.0. The summed E-state index contributed by atoms with van der Waals surface area (Å²) in [7, 11) is 4.68. The van der Waals surface area contributed by atoms with Gasteiger partial charge in [0, 0.05) is 17.8 Å². The van der Waals surface area contributed by atoms with Crippen LogP contribution in [-0.4, -0.2) is 46.3 Å².